The monoisotopic (exact) mass is 974 g/mol. The van der Waals surface area contributed by atoms with E-state index in [4.69, 9.17) is 48.7 Å². The summed E-state index contributed by atoms with van der Waals surface area (Å²) in [4.78, 5) is 29.6. The number of nitrogens with zero attached hydrogens (tertiary/aromatic N) is 6. The molecule has 0 aliphatic heterocycles. The number of aliphatic hydroxyl groups excluding tert-OH is 1. The van der Waals surface area contributed by atoms with Gasteiger partial charge >= 0.3 is 135 Å². The van der Waals surface area contributed by atoms with Crippen molar-refractivity contribution in [1.82, 2.24) is 5.32 Å². The van der Waals surface area contributed by atoms with Crippen LogP contribution in [-0.2, 0) is 51.4 Å². The van der Waals surface area contributed by atoms with Gasteiger partial charge in [0.15, 0.2) is 0 Å². The van der Waals surface area contributed by atoms with E-state index in [1.54, 1.807) is 0 Å². The zero-order chi connectivity index (χ0) is 49.9. The molecule has 21 heteroatoms. The smallest absolute Gasteiger partial charge is 0.306 e. The number of aliphatic hydroxyl groups is 1. The standard InChI is InChI=1S/C26H50BN4O8P.C20H39N3O4/c1-4-7-8-9-10-11-12-13-14-15-26(32)39-25(6-3)16-19-35-21-24(30-31-28)22-38-40(34,36-18-5-2)37-20-17-29-23-27-33;1-3-5-6-7-8-9-10-11-12-13-20(25)27-19(4-2)14-15-26-17-18(16-24)22-23-21/h5,24-25,29H,2,4,6-23H2,1,3H3;18-19,24H,3-17H2,1-2H3. The van der Waals surface area contributed by atoms with Crippen molar-refractivity contribution in [3.8, 4) is 0 Å². The Morgan fingerprint density at radius 2 is 1.12 bits per heavy atom. The van der Waals surface area contributed by atoms with Gasteiger partial charge in [0.2, 0.25) is 0 Å². The summed E-state index contributed by atoms with van der Waals surface area (Å²) in [5.41, 5.74) is 17.2. The molecule has 5 atom stereocenters. The van der Waals surface area contributed by atoms with Crippen molar-refractivity contribution >= 4 is 26.9 Å². The van der Waals surface area contributed by atoms with Crippen molar-refractivity contribution in [2.75, 3.05) is 65.8 Å². The van der Waals surface area contributed by atoms with E-state index in [2.05, 4.69) is 45.8 Å². The van der Waals surface area contributed by atoms with E-state index in [1.807, 2.05) is 13.8 Å². The summed E-state index contributed by atoms with van der Waals surface area (Å²) in [6.45, 7) is 12.4. The van der Waals surface area contributed by atoms with Crippen LogP contribution in [0.4, 0.5) is 0 Å². The van der Waals surface area contributed by atoms with Crippen molar-refractivity contribution in [1.29, 1.82) is 0 Å². The number of phosphoric ester groups is 1. The number of nitrogens with one attached hydrogen (secondary N) is 1. The zero-order valence-corrected chi connectivity index (χ0v) is 42.7. The van der Waals surface area contributed by atoms with Crippen LogP contribution in [0.15, 0.2) is 22.9 Å². The second-order valence-electron chi connectivity index (χ2n) is 16.4. The first kappa shape index (κ1) is 66.2. The summed E-state index contributed by atoms with van der Waals surface area (Å²) >= 11 is 0. The molecule has 0 aromatic heterocycles. The summed E-state index contributed by atoms with van der Waals surface area (Å²) in [6.07, 6.45) is 26.3. The Hall–Kier alpha value is -2.89. The minimum absolute atomic E-state index is 0.00916. The van der Waals surface area contributed by atoms with Crippen LogP contribution in [-0.4, -0.2) is 114 Å². The second kappa shape index (κ2) is 51.0. The van der Waals surface area contributed by atoms with Gasteiger partial charge in [-0.2, -0.15) is 0 Å². The van der Waals surface area contributed by atoms with Crippen LogP contribution in [0.1, 0.15) is 182 Å². The molecule has 0 fully saturated rings. The van der Waals surface area contributed by atoms with E-state index in [9.17, 15) is 18.9 Å². The fourth-order valence-electron chi connectivity index (χ4n) is 6.42. The van der Waals surface area contributed by atoms with Crippen LogP contribution in [0.3, 0.4) is 0 Å². The molecule has 0 rings (SSSR count). The van der Waals surface area contributed by atoms with Crippen molar-refractivity contribution in [3.63, 3.8) is 0 Å². The number of hydrogen-bond donors (Lipinski definition) is 2. The van der Waals surface area contributed by atoms with Gasteiger partial charge in [-0.1, -0.05) is 136 Å². The summed E-state index contributed by atoms with van der Waals surface area (Å²) in [7, 11) is -3.26. The number of esters is 2. The maximum absolute atomic E-state index is 12.8. The number of carbonyl (C=O) groups excluding carboxylic acids is 2. The van der Waals surface area contributed by atoms with E-state index in [0.717, 1.165) is 38.5 Å². The molecular formula is C46H89BN7O12P. The number of unbranched alkanes of at least 4 members (excludes halogenated alkanes) is 16. The van der Waals surface area contributed by atoms with Crippen LogP contribution >= 0.6 is 7.82 Å². The third kappa shape index (κ3) is 45.3. The molecule has 388 valence electrons. The number of rotatable bonds is 49. The predicted molar refractivity (Wildman–Crippen MR) is 263 cm³/mol. The first-order valence-electron chi connectivity index (χ1n) is 25.1. The number of carbonyl (C=O) groups is 2. The average Bonchev–Trinajstić information content (AvgIpc) is 3.33. The molecule has 5 unspecified atom stereocenters. The Morgan fingerprint density at radius 3 is 1.54 bits per heavy atom. The van der Waals surface area contributed by atoms with Gasteiger partial charge in [0.1, 0.15) is 12.2 Å². The third-order valence-corrected chi connectivity index (χ3v) is 11.9. The van der Waals surface area contributed by atoms with Gasteiger partial charge < -0.3 is 24.8 Å². The van der Waals surface area contributed by atoms with Gasteiger partial charge in [0.25, 0.3) is 0 Å². The summed E-state index contributed by atoms with van der Waals surface area (Å²) < 4.78 is 61.0. The fraction of sp³-hybridized carbons (Fsp3) is 0.913. The van der Waals surface area contributed by atoms with Crippen LogP contribution < -0.4 is 5.32 Å². The molecule has 19 nitrogen and oxygen atoms in total. The molecule has 0 aliphatic carbocycles. The van der Waals surface area contributed by atoms with E-state index >= 15 is 0 Å². The first-order valence-corrected chi connectivity index (χ1v) is 26.6. The summed E-state index contributed by atoms with van der Waals surface area (Å²) in [5, 5.41) is 18.8. The van der Waals surface area contributed by atoms with E-state index < -0.39 is 19.9 Å². The molecule has 0 aromatic rings. The fourth-order valence-corrected chi connectivity index (χ4v) is 7.60. The van der Waals surface area contributed by atoms with Gasteiger partial charge in [0, 0.05) is 30.6 Å². The number of azide groups is 2. The van der Waals surface area contributed by atoms with E-state index in [0.29, 0.717) is 45.9 Å². The van der Waals surface area contributed by atoms with Gasteiger partial charge in [-0.05, 0) is 31.2 Å². The Kier molecular flexibility index (Phi) is 50.4. The van der Waals surface area contributed by atoms with E-state index in [1.165, 1.54) is 89.5 Å². The number of hydrogen-bond acceptors (Lipinski definition) is 15. The third-order valence-electron chi connectivity index (χ3n) is 10.4. The molecule has 0 aromatic carbocycles. The van der Waals surface area contributed by atoms with Crippen molar-refractivity contribution < 1.29 is 56.5 Å². The minimum atomic E-state index is -3.96. The normalized spacial score (nSPS) is 13.6. The topological polar surface area (TPSA) is 263 Å². The number of phosphoric acid groups is 1. The van der Waals surface area contributed by atoms with Crippen LogP contribution in [0, 0.1) is 0 Å². The van der Waals surface area contributed by atoms with E-state index in [-0.39, 0.29) is 83.4 Å². The Morgan fingerprint density at radius 1 is 0.672 bits per heavy atom. The molecule has 0 amide bonds. The Bertz CT molecular complexity index is 1350. The maximum Gasteiger partial charge on any atom is 0.306 e. The molecule has 2 N–H and O–H groups in total. The van der Waals surface area contributed by atoms with Gasteiger partial charge in [-0.15, -0.1) is 0 Å². The van der Waals surface area contributed by atoms with Gasteiger partial charge in [-0.3, -0.25) is 9.59 Å². The Labute approximate surface area is 403 Å². The summed E-state index contributed by atoms with van der Waals surface area (Å²) in [6, 6.07) is -1.35. The van der Waals surface area contributed by atoms with Crippen LogP contribution in [0.5, 0.6) is 0 Å². The quantitative estimate of drug-likeness (QED) is 0.00840. The van der Waals surface area contributed by atoms with Crippen molar-refractivity contribution in [2.24, 2.45) is 10.2 Å². The molecule has 0 spiro atoms. The first-order chi connectivity index (χ1) is 32.6. The second-order valence-corrected chi connectivity index (χ2v) is 18.0. The SMILES string of the molecule is C=CCOP(=O)(OCCNCB=O)OCC(COCCC(CC)OC(=O)CCCCCCCCCCC)N=[N+]=[N-].CCCCCCCCCCCC(=O)OC(CC)CCOCC(CO)N=[N+]=[N-]. The van der Waals surface area contributed by atoms with Gasteiger partial charge in [-0.25, -0.2) is 0 Å². The van der Waals surface area contributed by atoms with Crippen molar-refractivity contribution in [2.45, 2.75) is 206 Å². The predicted octanol–water partition coefficient (Wildman–Crippen LogP) is 11.6. The zero-order valence-electron chi connectivity index (χ0n) is 41.8. The van der Waals surface area contributed by atoms with Crippen molar-refractivity contribution in [3.05, 3.63) is 33.5 Å². The molecular weight excluding hydrogens is 884 g/mol. The Balaban J connectivity index is 0. The molecule has 0 radical (unpaired) electrons. The molecule has 0 heterocycles. The summed E-state index contributed by atoms with van der Waals surface area (Å²) in [5.74, 6) is -0.320. The van der Waals surface area contributed by atoms with Crippen LogP contribution in [0.2, 0.25) is 0 Å². The molecule has 0 saturated heterocycles. The molecule has 67 heavy (non-hydrogen) atoms. The van der Waals surface area contributed by atoms with Crippen LogP contribution in [0.25, 0.3) is 20.9 Å². The molecule has 0 aliphatic rings. The molecule has 0 saturated carbocycles. The molecule has 0 bridgehead atoms. The number of ether oxygens (including phenoxy) is 4. The van der Waals surface area contributed by atoms with Gasteiger partial charge in [0.05, 0.1) is 25.9 Å². The average molecular weight is 974 g/mol. The maximum atomic E-state index is 12.8.